The zero-order valence-corrected chi connectivity index (χ0v) is 10.5. The number of phenols is 1. The lowest BCUT2D eigenvalue weighted by atomic mass is 10.0. The number of hydrogen-bond donors (Lipinski definition) is 2. The second kappa shape index (κ2) is 5.19. The topological polar surface area (TPSA) is 24.7 Å². The summed E-state index contributed by atoms with van der Waals surface area (Å²) in [7, 11) is 0. The highest BCUT2D eigenvalue weighted by Gasteiger charge is 2.12. The average Bonchev–Trinajstić information content (AvgIpc) is 2.38. The van der Waals surface area contributed by atoms with Crippen LogP contribution >= 0.6 is 0 Å². The third kappa shape index (κ3) is 2.42. The minimum absolute atomic E-state index is 0.420. The maximum atomic E-state index is 10.0. The van der Waals surface area contributed by atoms with E-state index in [0.29, 0.717) is 5.75 Å². The summed E-state index contributed by atoms with van der Waals surface area (Å²) < 4.78 is 0. The highest BCUT2D eigenvalue weighted by Crippen LogP contribution is 2.26. The first-order chi connectivity index (χ1) is 8.26. The number of rotatable bonds is 4. The number of phenolic OH excluding ortho intramolecular Hbond substituents is 1. The molecule has 2 heteroatoms. The summed E-state index contributed by atoms with van der Waals surface area (Å²) >= 11 is 0. The minimum Gasteiger partial charge on any atom is -0.507 e. The maximum Gasteiger partial charge on any atom is 0.125 e. The van der Waals surface area contributed by atoms with Gasteiger partial charge in [0.15, 0.2) is 0 Å². The molecule has 0 aliphatic rings. The molecule has 0 atom stereocenters. The summed E-state index contributed by atoms with van der Waals surface area (Å²) in [5.41, 5.74) is 1.07. The lowest BCUT2D eigenvalue weighted by Crippen LogP contribution is -3.10. The van der Waals surface area contributed by atoms with Gasteiger partial charge in [-0.3, -0.25) is 0 Å². The molecule has 0 unspecified atom stereocenters. The average molecular weight is 230 g/mol. The van der Waals surface area contributed by atoms with Gasteiger partial charge in [0.05, 0.1) is 18.7 Å². The second-order valence-corrected chi connectivity index (χ2v) is 4.42. The number of aromatic hydroxyl groups is 1. The van der Waals surface area contributed by atoms with Crippen molar-refractivity contribution in [3.05, 3.63) is 42.0 Å². The van der Waals surface area contributed by atoms with Crippen molar-refractivity contribution < 1.29 is 10.0 Å². The molecule has 2 nitrogen and oxygen atoms in total. The van der Waals surface area contributed by atoms with Crippen LogP contribution in [0.1, 0.15) is 19.4 Å². The van der Waals surface area contributed by atoms with Crippen molar-refractivity contribution in [3.63, 3.8) is 0 Å². The predicted octanol–water partition coefficient (Wildman–Crippen LogP) is 1.97. The first kappa shape index (κ1) is 11.9. The molecule has 0 spiro atoms. The normalized spacial score (nSPS) is 11.2. The van der Waals surface area contributed by atoms with Crippen LogP contribution in [-0.2, 0) is 6.54 Å². The molecule has 2 N–H and O–H groups in total. The molecule has 0 aliphatic heterocycles. The molecular weight excluding hydrogens is 210 g/mol. The first-order valence-corrected chi connectivity index (χ1v) is 6.29. The maximum absolute atomic E-state index is 10.0. The Morgan fingerprint density at radius 2 is 1.71 bits per heavy atom. The molecule has 0 aliphatic carbocycles. The fourth-order valence-electron chi connectivity index (χ4n) is 2.26. The highest BCUT2D eigenvalue weighted by atomic mass is 16.3. The second-order valence-electron chi connectivity index (χ2n) is 4.42. The minimum atomic E-state index is 0.420. The number of quaternary nitrogens is 1. The van der Waals surface area contributed by atoms with E-state index in [-0.39, 0.29) is 0 Å². The summed E-state index contributed by atoms with van der Waals surface area (Å²) in [5.74, 6) is 0.420. The van der Waals surface area contributed by atoms with Crippen molar-refractivity contribution in [1.82, 2.24) is 0 Å². The third-order valence-corrected chi connectivity index (χ3v) is 3.44. The molecular formula is C15H20NO+. The molecule has 0 aromatic heterocycles. The van der Waals surface area contributed by atoms with Crippen LogP contribution in [0.2, 0.25) is 0 Å². The Morgan fingerprint density at radius 3 is 2.41 bits per heavy atom. The summed E-state index contributed by atoms with van der Waals surface area (Å²) in [6.07, 6.45) is 0. The van der Waals surface area contributed by atoms with E-state index in [4.69, 9.17) is 0 Å². The fourth-order valence-corrected chi connectivity index (χ4v) is 2.26. The lowest BCUT2D eigenvalue weighted by molar-refractivity contribution is -0.910. The Kier molecular flexibility index (Phi) is 3.64. The Hall–Kier alpha value is -1.54. The zero-order valence-electron chi connectivity index (χ0n) is 10.5. The lowest BCUT2D eigenvalue weighted by Gasteiger charge is -2.17. The SMILES string of the molecule is CC[NH+](CC)Cc1c(O)ccc2ccccc12. The van der Waals surface area contributed by atoms with E-state index >= 15 is 0 Å². The van der Waals surface area contributed by atoms with Gasteiger partial charge >= 0.3 is 0 Å². The van der Waals surface area contributed by atoms with Crippen molar-refractivity contribution in [2.45, 2.75) is 20.4 Å². The summed E-state index contributed by atoms with van der Waals surface area (Å²) in [5, 5.41) is 12.4. The van der Waals surface area contributed by atoms with Gasteiger partial charge in [-0.25, -0.2) is 0 Å². The van der Waals surface area contributed by atoms with Gasteiger partial charge in [-0.15, -0.1) is 0 Å². The molecule has 0 heterocycles. The Labute approximate surface area is 102 Å². The molecule has 0 fully saturated rings. The molecule has 0 amide bonds. The van der Waals surface area contributed by atoms with Crippen LogP contribution in [0, 0.1) is 0 Å². The van der Waals surface area contributed by atoms with Crippen molar-refractivity contribution in [3.8, 4) is 5.75 Å². The molecule has 17 heavy (non-hydrogen) atoms. The van der Waals surface area contributed by atoms with Crippen LogP contribution in [0.4, 0.5) is 0 Å². The van der Waals surface area contributed by atoms with Gasteiger partial charge in [-0.2, -0.15) is 0 Å². The molecule has 0 saturated carbocycles. The number of nitrogens with one attached hydrogen (secondary N) is 1. The van der Waals surface area contributed by atoms with Crippen LogP contribution in [0.15, 0.2) is 36.4 Å². The summed E-state index contributed by atoms with van der Waals surface area (Å²) in [6.45, 7) is 7.42. The summed E-state index contributed by atoms with van der Waals surface area (Å²) in [6, 6.07) is 12.0. The van der Waals surface area contributed by atoms with Crippen LogP contribution < -0.4 is 4.90 Å². The number of hydrogen-bond acceptors (Lipinski definition) is 1. The van der Waals surface area contributed by atoms with Crippen LogP contribution in [0.5, 0.6) is 5.75 Å². The highest BCUT2D eigenvalue weighted by molar-refractivity contribution is 5.87. The monoisotopic (exact) mass is 230 g/mol. The molecule has 90 valence electrons. The summed E-state index contributed by atoms with van der Waals surface area (Å²) in [4.78, 5) is 1.48. The Balaban J connectivity index is 2.47. The Bertz CT molecular complexity index is 503. The van der Waals surface area contributed by atoms with E-state index in [9.17, 15) is 5.11 Å². The van der Waals surface area contributed by atoms with Gasteiger partial charge in [0, 0.05) is 0 Å². The van der Waals surface area contributed by atoms with Gasteiger partial charge in [-0.1, -0.05) is 30.3 Å². The molecule has 2 rings (SSSR count). The quantitative estimate of drug-likeness (QED) is 0.824. The van der Waals surface area contributed by atoms with Crippen LogP contribution in [0.25, 0.3) is 10.8 Å². The number of fused-ring (bicyclic) bond motifs is 1. The molecule has 2 aromatic carbocycles. The molecule has 0 saturated heterocycles. The smallest absolute Gasteiger partial charge is 0.125 e. The third-order valence-electron chi connectivity index (χ3n) is 3.44. The first-order valence-electron chi connectivity index (χ1n) is 6.29. The van der Waals surface area contributed by atoms with E-state index in [1.54, 1.807) is 6.07 Å². The molecule has 0 radical (unpaired) electrons. The van der Waals surface area contributed by atoms with E-state index in [1.165, 1.54) is 15.7 Å². The zero-order chi connectivity index (χ0) is 12.3. The van der Waals surface area contributed by atoms with Crippen molar-refractivity contribution in [2.75, 3.05) is 13.1 Å². The predicted molar refractivity (Wildman–Crippen MR) is 71.4 cm³/mol. The van der Waals surface area contributed by atoms with Gasteiger partial charge in [0.1, 0.15) is 12.3 Å². The Morgan fingerprint density at radius 1 is 1.00 bits per heavy atom. The molecule has 2 aromatic rings. The van der Waals surface area contributed by atoms with E-state index in [1.807, 2.05) is 18.2 Å². The molecule has 0 bridgehead atoms. The van der Waals surface area contributed by atoms with Crippen molar-refractivity contribution >= 4 is 10.8 Å². The largest absolute Gasteiger partial charge is 0.507 e. The van der Waals surface area contributed by atoms with E-state index < -0.39 is 0 Å². The van der Waals surface area contributed by atoms with Gasteiger partial charge in [-0.05, 0) is 30.7 Å². The standard InChI is InChI=1S/C15H19NO/c1-3-16(4-2)11-14-13-8-6-5-7-12(13)9-10-15(14)17/h5-10,17H,3-4,11H2,1-2H3/p+1. The van der Waals surface area contributed by atoms with Gasteiger partial charge in [0.25, 0.3) is 0 Å². The number of benzene rings is 2. The van der Waals surface area contributed by atoms with Gasteiger partial charge < -0.3 is 10.0 Å². The van der Waals surface area contributed by atoms with Crippen LogP contribution in [-0.4, -0.2) is 18.2 Å². The van der Waals surface area contributed by atoms with Gasteiger partial charge in [0.2, 0.25) is 0 Å². The fraction of sp³-hybridized carbons (Fsp3) is 0.333. The van der Waals surface area contributed by atoms with E-state index in [0.717, 1.165) is 25.2 Å². The van der Waals surface area contributed by atoms with E-state index in [2.05, 4.69) is 26.0 Å². The van der Waals surface area contributed by atoms with Crippen LogP contribution in [0.3, 0.4) is 0 Å². The van der Waals surface area contributed by atoms with Crippen molar-refractivity contribution in [1.29, 1.82) is 0 Å². The van der Waals surface area contributed by atoms with Crippen molar-refractivity contribution in [2.24, 2.45) is 0 Å².